The summed E-state index contributed by atoms with van der Waals surface area (Å²) >= 11 is -1.38. The van der Waals surface area contributed by atoms with Crippen molar-refractivity contribution >= 4 is 17.5 Å². The number of hydrogen-bond acceptors (Lipinski definition) is 4. The molecule has 1 heterocycles. The van der Waals surface area contributed by atoms with Crippen molar-refractivity contribution in [1.82, 2.24) is 9.62 Å². The van der Waals surface area contributed by atoms with Crippen LogP contribution in [0, 0.1) is 17.0 Å². The van der Waals surface area contributed by atoms with Gasteiger partial charge < -0.3 is 14.2 Å². The molecule has 5 nitrogen and oxygen atoms in total. The highest BCUT2D eigenvalue weighted by molar-refractivity contribution is 7.90. The molecule has 2 atom stereocenters. The smallest absolute Gasteiger partial charge is 0.410 e. The van der Waals surface area contributed by atoms with Crippen LogP contribution in [0.4, 0.5) is 13.6 Å². The van der Waals surface area contributed by atoms with Gasteiger partial charge >= 0.3 is 6.09 Å². The molecule has 1 saturated heterocycles. The maximum atomic E-state index is 14.1. The third kappa shape index (κ3) is 4.75. The second-order valence-corrected chi connectivity index (χ2v) is 12.4. The van der Waals surface area contributed by atoms with Crippen LogP contribution >= 0.6 is 0 Å². The molecule has 0 saturated carbocycles. The van der Waals surface area contributed by atoms with Crippen molar-refractivity contribution in [3.05, 3.63) is 34.9 Å². The van der Waals surface area contributed by atoms with Crippen LogP contribution in [-0.4, -0.2) is 39.0 Å². The average molecular weight is 443 g/mol. The molecular formula is C22H32F2N2O3S. The molecule has 30 heavy (non-hydrogen) atoms. The molecule has 0 aromatic heterocycles. The van der Waals surface area contributed by atoms with E-state index in [0.717, 1.165) is 5.56 Å². The van der Waals surface area contributed by atoms with Crippen LogP contribution in [0.1, 0.15) is 71.6 Å². The van der Waals surface area contributed by atoms with Crippen LogP contribution in [-0.2, 0) is 22.5 Å². The van der Waals surface area contributed by atoms with Crippen LogP contribution < -0.4 is 4.72 Å². The Balaban J connectivity index is 1.85. The zero-order chi connectivity index (χ0) is 22.5. The van der Waals surface area contributed by atoms with E-state index in [9.17, 15) is 18.1 Å². The normalized spacial score (nSPS) is 22.2. The fourth-order valence-electron chi connectivity index (χ4n) is 4.24. The van der Waals surface area contributed by atoms with E-state index < -0.39 is 33.3 Å². The first kappa shape index (κ1) is 23.3. The standard InChI is InChI=1S/C22H32F2N2O3S/c1-20(2,3)29-19(27)26-9-7-22(8-10-26)13-14-11-16(23)17(24)12-15(14)18(22)25-30(28)21(4,5)6/h11-12,18,25H,7-10,13H2,1-6H3/t18-,30-/m1/s1. The van der Waals surface area contributed by atoms with Gasteiger partial charge in [0.15, 0.2) is 11.6 Å². The number of amides is 1. The Labute approximate surface area is 180 Å². The van der Waals surface area contributed by atoms with E-state index in [1.165, 1.54) is 12.1 Å². The summed E-state index contributed by atoms with van der Waals surface area (Å²) in [5.41, 5.74) is 0.473. The lowest BCUT2D eigenvalue weighted by atomic mass is 9.73. The van der Waals surface area contributed by atoms with Crippen LogP contribution in [0.3, 0.4) is 0 Å². The van der Waals surface area contributed by atoms with Gasteiger partial charge in [-0.15, -0.1) is 4.72 Å². The lowest BCUT2D eigenvalue weighted by Gasteiger charge is -2.43. The summed E-state index contributed by atoms with van der Waals surface area (Å²) in [6.45, 7) is 12.1. The number of halogens is 2. The number of hydrogen-bond donors (Lipinski definition) is 1. The van der Waals surface area contributed by atoms with Crippen molar-refractivity contribution < 1.29 is 22.9 Å². The highest BCUT2D eigenvalue weighted by Crippen LogP contribution is 2.53. The Morgan fingerprint density at radius 1 is 1.17 bits per heavy atom. The number of ether oxygens (including phenoxy) is 1. The zero-order valence-electron chi connectivity index (χ0n) is 18.6. The molecule has 1 amide bonds. The van der Waals surface area contributed by atoms with Gasteiger partial charge in [0.25, 0.3) is 0 Å². The van der Waals surface area contributed by atoms with E-state index in [4.69, 9.17) is 4.74 Å². The summed E-state index contributed by atoms with van der Waals surface area (Å²) in [6.07, 6.45) is 1.46. The minimum atomic E-state index is -1.38. The Bertz CT molecular complexity index is 812. The Morgan fingerprint density at radius 2 is 1.73 bits per heavy atom. The summed E-state index contributed by atoms with van der Waals surface area (Å²) in [4.78, 5) is 14.1. The quantitative estimate of drug-likeness (QED) is 0.678. The number of likely N-dealkylation sites (tertiary alicyclic amines) is 1. The second kappa shape index (κ2) is 7.95. The summed E-state index contributed by atoms with van der Waals surface area (Å²) in [5, 5.41) is 0. The van der Waals surface area contributed by atoms with Gasteiger partial charge in [-0.2, -0.15) is 0 Å². The minimum absolute atomic E-state index is 0.354. The predicted octanol–water partition coefficient (Wildman–Crippen LogP) is 4.63. The van der Waals surface area contributed by atoms with Crippen LogP contribution in [0.5, 0.6) is 0 Å². The van der Waals surface area contributed by atoms with Crippen molar-refractivity contribution in [3.63, 3.8) is 0 Å². The number of nitrogens with zero attached hydrogens (tertiary/aromatic N) is 1. The molecular weight excluding hydrogens is 410 g/mol. The number of benzene rings is 1. The number of nitrogens with one attached hydrogen (secondary N) is 1. The molecule has 1 aliphatic heterocycles. The zero-order valence-corrected chi connectivity index (χ0v) is 19.4. The monoisotopic (exact) mass is 442 g/mol. The van der Waals surface area contributed by atoms with E-state index in [-0.39, 0.29) is 17.6 Å². The average Bonchev–Trinajstić information content (AvgIpc) is 2.86. The summed E-state index contributed by atoms with van der Waals surface area (Å²) in [5.74, 6) is -1.77. The van der Waals surface area contributed by atoms with E-state index in [0.29, 0.717) is 37.9 Å². The molecule has 2 aliphatic rings. The number of rotatable bonds is 2. The minimum Gasteiger partial charge on any atom is -0.598 e. The van der Waals surface area contributed by atoms with E-state index >= 15 is 0 Å². The van der Waals surface area contributed by atoms with E-state index in [1.54, 1.807) is 4.90 Å². The van der Waals surface area contributed by atoms with Crippen molar-refractivity contribution in [2.75, 3.05) is 13.1 Å². The predicted molar refractivity (Wildman–Crippen MR) is 113 cm³/mol. The number of piperidine rings is 1. The first-order valence-corrected chi connectivity index (χ1v) is 11.5. The molecule has 3 rings (SSSR count). The summed E-state index contributed by atoms with van der Waals surface area (Å²) < 4.78 is 49.0. The SMILES string of the molecule is CC(C)(C)OC(=O)N1CCC2(CC1)Cc1cc(F)c(F)cc1[C@H]2N[S@+]([O-])C(C)(C)C. The van der Waals surface area contributed by atoms with Crippen LogP contribution in [0.2, 0.25) is 0 Å². The third-order valence-corrected chi connectivity index (χ3v) is 7.40. The van der Waals surface area contributed by atoms with Crippen molar-refractivity contribution in [3.8, 4) is 0 Å². The van der Waals surface area contributed by atoms with Gasteiger partial charge in [0.05, 0.1) is 6.04 Å². The molecule has 1 N–H and O–H groups in total. The Morgan fingerprint density at radius 3 is 2.27 bits per heavy atom. The van der Waals surface area contributed by atoms with Gasteiger partial charge in [-0.1, -0.05) is 0 Å². The topological polar surface area (TPSA) is 64.6 Å². The Hall–Kier alpha value is -1.38. The van der Waals surface area contributed by atoms with Gasteiger partial charge in [0, 0.05) is 29.9 Å². The highest BCUT2D eigenvalue weighted by Gasteiger charge is 2.51. The molecule has 0 radical (unpaired) electrons. The summed E-state index contributed by atoms with van der Waals surface area (Å²) in [6, 6.07) is 2.12. The first-order chi connectivity index (χ1) is 13.7. The first-order valence-electron chi connectivity index (χ1n) is 10.4. The van der Waals surface area contributed by atoms with E-state index in [2.05, 4.69) is 4.72 Å². The second-order valence-electron chi connectivity index (χ2n) is 10.4. The molecule has 1 spiro atoms. The van der Waals surface area contributed by atoms with Gasteiger partial charge in [-0.3, -0.25) is 0 Å². The van der Waals surface area contributed by atoms with Crippen molar-refractivity contribution in [2.45, 2.75) is 77.2 Å². The molecule has 8 heteroatoms. The van der Waals surface area contributed by atoms with Crippen molar-refractivity contribution in [2.24, 2.45) is 5.41 Å². The lowest BCUT2D eigenvalue weighted by Crippen LogP contribution is -2.51. The van der Waals surface area contributed by atoms with Crippen LogP contribution in [0.25, 0.3) is 0 Å². The molecule has 1 fully saturated rings. The lowest BCUT2D eigenvalue weighted by molar-refractivity contribution is 0.00716. The number of carbonyl (C=O) groups excluding carboxylic acids is 1. The molecule has 0 bridgehead atoms. The van der Waals surface area contributed by atoms with Gasteiger partial charge in [0.2, 0.25) is 0 Å². The van der Waals surface area contributed by atoms with Gasteiger partial charge in [0.1, 0.15) is 10.3 Å². The number of fused-ring (bicyclic) bond motifs is 1. The summed E-state index contributed by atoms with van der Waals surface area (Å²) in [7, 11) is 0. The molecule has 1 aromatic rings. The maximum Gasteiger partial charge on any atom is 0.410 e. The highest BCUT2D eigenvalue weighted by atomic mass is 32.2. The van der Waals surface area contributed by atoms with Gasteiger partial charge in [-0.05, 0) is 84.1 Å². The third-order valence-electron chi connectivity index (χ3n) is 5.84. The van der Waals surface area contributed by atoms with Crippen molar-refractivity contribution in [1.29, 1.82) is 0 Å². The van der Waals surface area contributed by atoms with E-state index in [1.807, 2.05) is 41.5 Å². The number of carbonyl (C=O) groups is 1. The fourth-order valence-corrected chi connectivity index (χ4v) is 5.18. The molecule has 1 aromatic carbocycles. The molecule has 0 unspecified atom stereocenters. The molecule has 168 valence electrons. The Kier molecular flexibility index (Phi) is 6.17. The maximum absolute atomic E-state index is 14.1. The van der Waals surface area contributed by atoms with Crippen LogP contribution in [0.15, 0.2) is 12.1 Å². The molecule has 1 aliphatic carbocycles. The largest absolute Gasteiger partial charge is 0.598 e. The van der Waals surface area contributed by atoms with Gasteiger partial charge in [-0.25, -0.2) is 13.6 Å². The fraction of sp³-hybridized carbons (Fsp3) is 0.682.